The van der Waals surface area contributed by atoms with Gasteiger partial charge in [0, 0.05) is 29.8 Å². The van der Waals surface area contributed by atoms with Crippen molar-refractivity contribution in [2.45, 2.75) is 45.6 Å². The first-order chi connectivity index (χ1) is 13.6. The van der Waals surface area contributed by atoms with Gasteiger partial charge in [-0.15, -0.1) is 0 Å². The van der Waals surface area contributed by atoms with Crippen molar-refractivity contribution in [2.75, 3.05) is 0 Å². The van der Waals surface area contributed by atoms with Crippen molar-refractivity contribution in [1.82, 2.24) is 29.5 Å². The third-order valence-corrected chi connectivity index (χ3v) is 5.56. The maximum atomic E-state index is 12.9. The fourth-order valence-corrected chi connectivity index (χ4v) is 3.83. The molecule has 6 nitrogen and oxygen atoms in total. The molecular formula is C20H20F2N6. The Bertz CT molecular complexity index is 1160. The Morgan fingerprint density at radius 1 is 1.21 bits per heavy atom. The molecule has 0 aliphatic heterocycles. The highest BCUT2D eigenvalue weighted by atomic mass is 19.3. The van der Waals surface area contributed by atoms with Crippen molar-refractivity contribution in [1.29, 1.82) is 0 Å². The average molecular weight is 382 g/mol. The zero-order valence-corrected chi connectivity index (χ0v) is 15.5. The van der Waals surface area contributed by atoms with Crippen molar-refractivity contribution in [3.05, 3.63) is 36.2 Å². The summed E-state index contributed by atoms with van der Waals surface area (Å²) < 4.78 is 27.4. The zero-order valence-electron chi connectivity index (χ0n) is 15.5. The van der Waals surface area contributed by atoms with Crippen LogP contribution in [0.15, 0.2) is 24.5 Å². The molecule has 0 saturated heterocycles. The van der Waals surface area contributed by atoms with Gasteiger partial charge in [0.1, 0.15) is 22.8 Å². The van der Waals surface area contributed by atoms with Crippen LogP contribution in [-0.2, 0) is 13.0 Å². The summed E-state index contributed by atoms with van der Waals surface area (Å²) in [5.41, 5.74) is 3.39. The first-order valence-corrected chi connectivity index (χ1v) is 9.54. The smallest absolute Gasteiger partial charge is 0.256 e. The van der Waals surface area contributed by atoms with Gasteiger partial charge in [-0.2, -0.15) is 0 Å². The van der Waals surface area contributed by atoms with E-state index >= 15 is 0 Å². The van der Waals surface area contributed by atoms with E-state index in [1.807, 2.05) is 24.5 Å². The average Bonchev–Trinajstić information content (AvgIpc) is 3.18. The second kappa shape index (κ2) is 6.61. The van der Waals surface area contributed by atoms with Crippen LogP contribution in [-0.4, -0.2) is 35.9 Å². The number of alkyl halides is 2. The van der Waals surface area contributed by atoms with Crippen LogP contribution in [0.5, 0.6) is 0 Å². The Morgan fingerprint density at radius 3 is 2.82 bits per heavy atom. The molecule has 0 radical (unpaired) electrons. The molecule has 28 heavy (non-hydrogen) atoms. The highest BCUT2D eigenvalue weighted by molar-refractivity contribution is 5.93. The molecule has 1 fully saturated rings. The van der Waals surface area contributed by atoms with Crippen molar-refractivity contribution < 1.29 is 8.78 Å². The molecule has 0 bridgehead atoms. The van der Waals surface area contributed by atoms with E-state index in [4.69, 9.17) is 0 Å². The predicted octanol–water partition coefficient (Wildman–Crippen LogP) is 4.29. The van der Waals surface area contributed by atoms with Gasteiger partial charge >= 0.3 is 0 Å². The second-order valence-electron chi connectivity index (χ2n) is 7.45. The molecule has 5 rings (SSSR count). The number of nitrogens with zero attached hydrogens (tertiary/aromatic N) is 5. The predicted molar refractivity (Wildman–Crippen MR) is 102 cm³/mol. The molecule has 4 aromatic heterocycles. The topological polar surface area (TPSA) is 72.3 Å². The minimum Gasteiger partial charge on any atom is -0.345 e. The van der Waals surface area contributed by atoms with E-state index < -0.39 is 13.0 Å². The Balaban J connectivity index is 1.54. The molecule has 0 amide bonds. The van der Waals surface area contributed by atoms with Crippen molar-refractivity contribution in [2.24, 2.45) is 5.92 Å². The van der Waals surface area contributed by atoms with Crippen LogP contribution in [0.1, 0.15) is 30.9 Å². The lowest BCUT2D eigenvalue weighted by atomic mass is 9.83. The molecule has 0 atom stereocenters. The fraction of sp³-hybridized carbons (Fsp3) is 0.400. The van der Waals surface area contributed by atoms with Gasteiger partial charge in [0.05, 0.1) is 12.2 Å². The summed E-state index contributed by atoms with van der Waals surface area (Å²) in [6.45, 7) is 1.30. The van der Waals surface area contributed by atoms with E-state index in [0.29, 0.717) is 28.6 Å². The molecule has 1 aliphatic carbocycles. The lowest BCUT2D eigenvalue weighted by Crippen LogP contribution is -2.15. The number of nitrogens with one attached hydrogen (secondary N) is 1. The molecule has 0 unspecified atom stereocenters. The Kier molecular flexibility index (Phi) is 4.07. The van der Waals surface area contributed by atoms with Crippen LogP contribution in [0, 0.1) is 12.8 Å². The number of hydrogen-bond acceptors (Lipinski definition) is 4. The van der Waals surface area contributed by atoms with Crippen LogP contribution in [0.4, 0.5) is 8.78 Å². The van der Waals surface area contributed by atoms with Crippen LogP contribution in [0.25, 0.3) is 33.5 Å². The summed E-state index contributed by atoms with van der Waals surface area (Å²) in [5.74, 6) is 2.09. The van der Waals surface area contributed by atoms with Crippen LogP contribution < -0.4 is 0 Å². The second-order valence-corrected chi connectivity index (χ2v) is 7.45. The number of pyridine rings is 1. The van der Waals surface area contributed by atoms with Crippen molar-refractivity contribution >= 4 is 22.2 Å². The van der Waals surface area contributed by atoms with Gasteiger partial charge in [-0.05, 0) is 25.0 Å². The number of aryl methyl sites for hydroxylation is 1. The van der Waals surface area contributed by atoms with Gasteiger partial charge in [-0.3, -0.25) is 0 Å². The molecule has 144 valence electrons. The fourth-order valence-electron chi connectivity index (χ4n) is 3.83. The summed E-state index contributed by atoms with van der Waals surface area (Å²) in [6.07, 6.45) is 5.95. The van der Waals surface area contributed by atoms with Crippen molar-refractivity contribution in [3.63, 3.8) is 0 Å². The Morgan fingerprint density at radius 2 is 2.07 bits per heavy atom. The van der Waals surface area contributed by atoms with E-state index in [2.05, 4.69) is 24.9 Å². The summed E-state index contributed by atoms with van der Waals surface area (Å²) >= 11 is 0. The number of aromatic nitrogens is 6. The largest absolute Gasteiger partial charge is 0.345 e. The third-order valence-electron chi connectivity index (χ3n) is 5.56. The Hall–Kier alpha value is -2.90. The number of rotatable bonds is 5. The van der Waals surface area contributed by atoms with Gasteiger partial charge in [0.2, 0.25) is 0 Å². The number of halogens is 2. The van der Waals surface area contributed by atoms with E-state index in [1.54, 1.807) is 6.92 Å². The SMILES string of the molecule is Cc1nc2ccc(-c3c[nH]c4nc(CC5CCC5)ncc34)nc2n1CC(F)F. The minimum atomic E-state index is -2.46. The van der Waals surface area contributed by atoms with Gasteiger partial charge in [0.15, 0.2) is 5.65 Å². The highest BCUT2D eigenvalue weighted by Gasteiger charge is 2.20. The molecule has 8 heteroatoms. The molecule has 1 N–H and O–H groups in total. The Labute approximate surface area is 160 Å². The molecular weight excluding hydrogens is 362 g/mol. The standard InChI is InChI=1S/C20H20F2N6/c1-11-25-16-6-5-15(26-20(16)28(11)10-17(21)22)13-8-24-19-14(13)9-23-18(27-19)7-12-3-2-4-12/h5-6,8-9,12,17H,2-4,7,10H2,1H3,(H,23,24,27). The number of hydrogen-bond donors (Lipinski definition) is 1. The quantitative estimate of drug-likeness (QED) is 0.559. The van der Waals surface area contributed by atoms with E-state index in [1.165, 1.54) is 23.8 Å². The normalized spacial score (nSPS) is 15.0. The van der Waals surface area contributed by atoms with Crippen LogP contribution >= 0.6 is 0 Å². The summed E-state index contributed by atoms with van der Waals surface area (Å²) in [5, 5.41) is 0.876. The molecule has 1 saturated carbocycles. The van der Waals surface area contributed by atoms with E-state index in [0.717, 1.165) is 28.8 Å². The molecule has 4 aromatic rings. The lowest BCUT2D eigenvalue weighted by Gasteiger charge is -2.24. The van der Waals surface area contributed by atoms with Gasteiger partial charge in [-0.1, -0.05) is 19.3 Å². The van der Waals surface area contributed by atoms with E-state index in [-0.39, 0.29) is 0 Å². The first-order valence-electron chi connectivity index (χ1n) is 9.54. The van der Waals surface area contributed by atoms with Gasteiger partial charge in [0.25, 0.3) is 6.43 Å². The molecule has 0 spiro atoms. The zero-order chi connectivity index (χ0) is 19.3. The lowest BCUT2D eigenvalue weighted by molar-refractivity contribution is 0.127. The van der Waals surface area contributed by atoms with Gasteiger partial charge in [-0.25, -0.2) is 28.7 Å². The van der Waals surface area contributed by atoms with Crippen LogP contribution in [0.3, 0.4) is 0 Å². The maximum Gasteiger partial charge on any atom is 0.256 e. The highest BCUT2D eigenvalue weighted by Crippen LogP contribution is 2.31. The van der Waals surface area contributed by atoms with Crippen molar-refractivity contribution in [3.8, 4) is 11.3 Å². The monoisotopic (exact) mass is 382 g/mol. The number of aromatic amines is 1. The number of imidazole rings is 1. The summed E-state index contributed by atoms with van der Waals surface area (Å²) in [6, 6.07) is 3.67. The molecule has 0 aromatic carbocycles. The molecule has 4 heterocycles. The first kappa shape index (κ1) is 17.2. The summed E-state index contributed by atoms with van der Waals surface area (Å²) in [7, 11) is 0. The maximum absolute atomic E-state index is 12.9. The third kappa shape index (κ3) is 2.93. The van der Waals surface area contributed by atoms with Gasteiger partial charge < -0.3 is 9.55 Å². The number of fused-ring (bicyclic) bond motifs is 2. The molecule has 1 aliphatic rings. The minimum absolute atomic E-state index is 0.416. The van der Waals surface area contributed by atoms with E-state index in [9.17, 15) is 8.78 Å². The summed E-state index contributed by atoms with van der Waals surface area (Å²) in [4.78, 5) is 21.4. The number of H-pyrrole nitrogens is 1. The van der Waals surface area contributed by atoms with Crippen LogP contribution in [0.2, 0.25) is 0 Å².